The second-order valence-electron chi connectivity index (χ2n) is 5.35. The Labute approximate surface area is 128 Å². The molecular weight excluding hydrogens is 266 g/mol. The molecule has 1 unspecified atom stereocenters. The Balaban J connectivity index is 2.40. The maximum Gasteiger partial charge on any atom is 0.119 e. The fourth-order valence-electron chi connectivity index (χ4n) is 2.50. The van der Waals surface area contributed by atoms with Crippen LogP contribution in [0, 0.1) is 0 Å². The minimum atomic E-state index is -0.171. The number of aliphatic hydroxyl groups excluding tert-OH is 1. The molecule has 0 aliphatic rings. The van der Waals surface area contributed by atoms with Crippen molar-refractivity contribution in [3.05, 3.63) is 29.8 Å². The maximum absolute atomic E-state index is 9.60. The Morgan fingerprint density at radius 2 is 2.10 bits per heavy atom. The first-order valence-corrected chi connectivity index (χ1v) is 7.76. The Hall–Kier alpha value is -1.10. The van der Waals surface area contributed by atoms with Crippen LogP contribution in [0.3, 0.4) is 0 Å². The van der Waals surface area contributed by atoms with Gasteiger partial charge in [0, 0.05) is 12.6 Å². The summed E-state index contributed by atoms with van der Waals surface area (Å²) in [5.41, 5.74) is 0.941. The summed E-state index contributed by atoms with van der Waals surface area (Å²) in [6.07, 6.45) is 2.74. The van der Waals surface area contributed by atoms with Gasteiger partial charge in [0.2, 0.25) is 0 Å². The van der Waals surface area contributed by atoms with Gasteiger partial charge in [-0.1, -0.05) is 26.0 Å². The molecule has 4 heteroatoms. The van der Waals surface area contributed by atoms with E-state index in [-0.39, 0.29) is 12.1 Å². The highest BCUT2D eigenvalue weighted by molar-refractivity contribution is 5.28. The first-order chi connectivity index (χ1) is 10.2. The van der Waals surface area contributed by atoms with E-state index in [9.17, 15) is 5.11 Å². The number of nitrogens with one attached hydrogen (secondary N) is 1. The van der Waals surface area contributed by atoms with Gasteiger partial charge in [-0.05, 0) is 43.5 Å². The number of likely N-dealkylation sites (N-methyl/N-ethyl adjacent to an activating group) is 1. The summed E-state index contributed by atoms with van der Waals surface area (Å²) in [5, 5.41) is 13.0. The second-order valence-corrected chi connectivity index (χ2v) is 5.35. The Bertz CT molecular complexity index is 391. The molecule has 1 atom stereocenters. The normalized spacial score (nSPS) is 13.9. The molecule has 4 nitrogen and oxygen atoms in total. The van der Waals surface area contributed by atoms with Gasteiger partial charge in [0.25, 0.3) is 0 Å². The van der Waals surface area contributed by atoms with Crippen LogP contribution in [-0.4, -0.2) is 37.5 Å². The molecule has 21 heavy (non-hydrogen) atoms. The van der Waals surface area contributed by atoms with Crippen LogP contribution < -0.4 is 10.1 Å². The van der Waals surface area contributed by atoms with Crippen molar-refractivity contribution in [2.75, 3.05) is 26.9 Å². The van der Waals surface area contributed by atoms with E-state index in [1.165, 1.54) is 0 Å². The number of rotatable bonds is 11. The van der Waals surface area contributed by atoms with Crippen LogP contribution in [0.1, 0.15) is 38.7 Å². The van der Waals surface area contributed by atoms with Gasteiger partial charge in [0.1, 0.15) is 5.75 Å². The third-order valence-electron chi connectivity index (χ3n) is 3.81. The molecule has 0 fully saturated rings. The lowest BCUT2D eigenvalue weighted by Gasteiger charge is -2.31. The third-order valence-corrected chi connectivity index (χ3v) is 3.81. The summed E-state index contributed by atoms with van der Waals surface area (Å²) < 4.78 is 10.9. The number of ether oxygens (including phenoxy) is 2. The lowest BCUT2D eigenvalue weighted by molar-refractivity contribution is 0.139. The lowest BCUT2D eigenvalue weighted by Crippen LogP contribution is -2.48. The van der Waals surface area contributed by atoms with Gasteiger partial charge < -0.3 is 19.9 Å². The second kappa shape index (κ2) is 9.77. The first-order valence-electron chi connectivity index (χ1n) is 7.76. The van der Waals surface area contributed by atoms with Crippen molar-refractivity contribution in [3.8, 4) is 5.75 Å². The molecule has 0 saturated carbocycles. The molecule has 0 aromatic heterocycles. The molecule has 1 rings (SSSR count). The van der Waals surface area contributed by atoms with Crippen molar-refractivity contribution in [3.63, 3.8) is 0 Å². The van der Waals surface area contributed by atoms with Gasteiger partial charge in [-0.25, -0.2) is 0 Å². The summed E-state index contributed by atoms with van der Waals surface area (Å²) in [4.78, 5) is 0. The predicted octanol–water partition coefficient (Wildman–Crippen LogP) is 2.74. The summed E-state index contributed by atoms with van der Waals surface area (Å²) in [6, 6.07) is 7.97. The summed E-state index contributed by atoms with van der Waals surface area (Å²) in [7, 11) is 1.69. The Morgan fingerprint density at radius 1 is 1.29 bits per heavy atom. The summed E-state index contributed by atoms with van der Waals surface area (Å²) in [5.74, 6) is 0.874. The highest BCUT2D eigenvalue weighted by Gasteiger charge is 2.25. The number of benzene rings is 1. The number of hydrogen-bond donors (Lipinski definition) is 2. The van der Waals surface area contributed by atoms with Gasteiger partial charge in [0.15, 0.2) is 0 Å². The van der Waals surface area contributed by atoms with Crippen molar-refractivity contribution >= 4 is 0 Å². The van der Waals surface area contributed by atoms with Crippen molar-refractivity contribution in [1.29, 1.82) is 0 Å². The zero-order valence-corrected chi connectivity index (χ0v) is 13.5. The molecule has 2 N–H and O–H groups in total. The van der Waals surface area contributed by atoms with Gasteiger partial charge in [-0.3, -0.25) is 0 Å². The highest BCUT2D eigenvalue weighted by Crippen LogP contribution is 2.18. The lowest BCUT2D eigenvalue weighted by atomic mass is 9.91. The van der Waals surface area contributed by atoms with Gasteiger partial charge in [0.05, 0.1) is 19.8 Å². The minimum absolute atomic E-state index is 0.167. The van der Waals surface area contributed by atoms with Gasteiger partial charge in [-0.15, -0.1) is 0 Å². The average molecular weight is 295 g/mol. The van der Waals surface area contributed by atoms with Crippen molar-refractivity contribution < 1.29 is 14.6 Å². The Kier molecular flexibility index (Phi) is 8.35. The zero-order valence-electron chi connectivity index (χ0n) is 13.5. The third kappa shape index (κ3) is 6.04. The molecule has 0 saturated heterocycles. The van der Waals surface area contributed by atoms with Gasteiger partial charge in [-0.2, -0.15) is 0 Å². The van der Waals surface area contributed by atoms with E-state index < -0.39 is 0 Å². The summed E-state index contributed by atoms with van der Waals surface area (Å²) in [6.45, 7) is 6.46. The van der Waals surface area contributed by atoms with E-state index in [0.29, 0.717) is 13.2 Å². The number of aliphatic hydroxyl groups is 1. The molecule has 0 radical (unpaired) electrons. The molecule has 0 aliphatic heterocycles. The molecule has 0 amide bonds. The van der Waals surface area contributed by atoms with Crippen molar-refractivity contribution in [2.24, 2.45) is 0 Å². The average Bonchev–Trinajstić information content (AvgIpc) is 2.51. The van der Waals surface area contributed by atoms with Crippen LogP contribution in [0.15, 0.2) is 24.3 Å². The fraction of sp³-hybridized carbons (Fsp3) is 0.647. The standard InChI is InChI=1S/C17H29NO3/c1-4-17(14-19,18-5-2)10-7-11-21-16-9-6-8-15(12-16)13-20-3/h6,8-9,12,18-19H,4-5,7,10-11,13-14H2,1-3H3. The smallest absolute Gasteiger partial charge is 0.119 e. The quantitative estimate of drug-likeness (QED) is 0.616. The van der Waals surface area contributed by atoms with E-state index in [0.717, 1.165) is 37.1 Å². The molecule has 120 valence electrons. The monoisotopic (exact) mass is 295 g/mol. The fourth-order valence-corrected chi connectivity index (χ4v) is 2.50. The molecule has 0 spiro atoms. The molecule has 0 bridgehead atoms. The van der Waals surface area contributed by atoms with E-state index in [4.69, 9.17) is 9.47 Å². The zero-order chi connectivity index (χ0) is 15.6. The van der Waals surface area contributed by atoms with Crippen LogP contribution >= 0.6 is 0 Å². The van der Waals surface area contributed by atoms with E-state index in [2.05, 4.69) is 19.2 Å². The molecule has 1 aromatic carbocycles. The molecule has 0 aliphatic carbocycles. The van der Waals surface area contributed by atoms with E-state index >= 15 is 0 Å². The van der Waals surface area contributed by atoms with E-state index in [1.54, 1.807) is 7.11 Å². The highest BCUT2D eigenvalue weighted by atomic mass is 16.5. The largest absolute Gasteiger partial charge is 0.494 e. The molecule has 1 aromatic rings. The number of hydrogen-bond acceptors (Lipinski definition) is 4. The van der Waals surface area contributed by atoms with Gasteiger partial charge >= 0.3 is 0 Å². The van der Waals surface area contributed by atoms with Crippen molar-refractivity contribution in [2.45, 2.75) is 45.3 Å². The SMILES string of the molecule is CCNC(CC)(CO)CCCOc1cccc(COC)c1. The van der Waals surface area contributed by atoms with E-state index in [1.807, 2.05) is 24.3 Å². The predicted molar refractivity (Wildman–Crippen MR) is 85.7 cm³/mol. The van der Waals surface area contributed by atoms with Crippen molar-refractivity contribution in [1.82, 2.24) is 5.32 Å². The van der Waals surface area contributed by atoms with Crippen LogP contribution in [0.2, 0.25) is 0 Å². The molecule has 0 heterocycles. The van der Waals surface area contributed by atoms with Crippen LogP contribution in [0.5, 0.6) is 5.75 Å². The minimum Gasteiger partial charge on any atom is -0.494 e. The maximum atomic E-state index is 9.60. The first kappa shape index (κ1) is 18.0. The van der Waals surface area contributed by atoms with Crippen LogP contribution in [0.4, 0.5) is 0 Å². The summed E-state index contributed by atoms with van der Waals surface area (Å²) >= 11 is 0. The topological polar surface area (TPSA) is 50.7 Å². The van der Waals surface area contributed by atoms with Crippen LogP contribution in [0.25, 0.3) is 0 Å². The van der Waals surface area contributed by atoms with Crippen LogP contribution in [-0.2, 0) is 11.3 Å². The molecular formula is C17H29NO3. The number of methoxy groups -OCH3 is 1. The Morgan fingerprint density at radius 3 is 2.71 bits per heavy atom.